The van der Waals surface area contributed by atoms with E-state index in [1.54, 1.807) is 35.4 Å². The third kappa shape index (κ3) is 2.70. The Morgan fingerprint density at radius 1 is 0.655 bits per heavy atom. The zero-order chi connectivity index (χ0) is 20.1. The van der Waals surface area contributed by atoms with Crippen LogP contribution in [0.4, 0.5) is 0 Å². The quantitative estimate of drug-likeness (QED) is 0.454. The molecule has 142 valence electrons. The molecule has 7 heteroatoms. The Hall–Kier alpha value is -3.58. The van der Waals surface area contributed by atoms with Crippen LogP contribution in [0.25, 0.3) is 43.2 Å². The van der Waals surface area contributed by atoms with Gasteiger partial charge in [-0.25, -0.2) is 9.97 Å². The smallest absolute Gasteiger partial charge is 0.261 e. The Labute approximate surface area is 169 Å². The Morgan fingerprint density at radius 2 is 1.07 bits per heavy atom. The van der Waals surface area contributed by atoms with Gasteiger partial charge < -0.3 is 0 Å². The highest BCUT2D eigenvalue weighted by atomic mass is 32.1. The van der Waals surface area contributed by atoms with Crippen LogP contribution in [0, 0.1) is 0 Å². The van der Waals surface area contributed by atoms with E-state index < -0.39 is 0 Å². The number of fused-ring (bicyclic) bond motifs is 2. The molecule has 29 heavy (non-hydrogen) atoms. The predicted octanol–water partition coefficient (Wildman–Crippen LogP) is 3.58. The maximum absolute atomic E-state index is 12.7. The van der Waals surface area contributed by atoms with E-state index in [9.17, 15) is 9.59 Å². The molecule has 5 rings (SSSR count). The molecule has 0 aliphatic carbocycles. The Kier molecular flexibility index (Phi) is 3.92. The van der Waals surface area contributed by atoms with Gasteiger partial charge in [0.25, 0.3) is 11.1 Å². The van der Waals surface area contributed by atoms with Crippen molar-refractivity contribution < 1.29 is 0 Å². The molecule has 0 saturated heterocycles. The maximum Gasteiger partial charge on any atom is 0.261 e. The van der Waals surface area contributed by atoms with Crippen molar-refractivity contribution in [2.75, 3.05) is 0 Å². The first kappa shape index (κ1) is 17.5. The number of thiophene rings is 1. The van der Waals surface area contributed by atoms with Crippen LogP contribution in [-0.2, 0) is 14.1 Å². The van der Waals surface area contributed by atoms with Crippen molar-refractivity contribution in [3.05, 3.63) is 81.4 Å². The molecule has 0 atom stereocenters. The normalized spacial score (nSPS) is 11.4. The van der Waals surface area contributed by atoms with Crippen molar-refractivity contribution >= 4 is 33.1 Å². The molecule has 0 N–H and O–H groups in total. The third-order valence-electron chi connectivity index (χ3n) is 5.01. The fourth-order valence-corrected chi connectivity index (χ4v) is 4.51. The molecule has 3 heterocycles. The van der Waals surface area contributed by atoms with Crippen LogP contribution in [0.3, 0.4) is 0 Å². The van der Waals surface area contributed by atoms with Crippen LogP contribution < -0.4 is 11.1 Å². The second kappa shape index (κ2) is 6.49. The van der Waals surface area contributed by atoms with Crippen molar-refractivity contribution in [1.29, 1.82) is 0 Å². The van der Waals surface area contributed by atoms with E-state index in [0.29, 0.717) is 33.5 Å². The van der Waals surface area contributed by atoms with Gasteiger partial charge in [0, 0.05) is 14.1 Å². The van der Waals surface area contributed by atoms with E-state index in [4.69, 9.17) is 0 Å². The lowest BCUT2D eigenvalue weighted by Gasteiger charge is -2.08. The minimum Gasteiger partial charge on any atom is -0.295 e. The lowest BCUT2D eigenvalue weighted by molar-refractivity contribution is 0.858. The molecule has 0 spiro atoms. The van der Waals surface area contributed by atoms with Crippen LogP contribution in [0.1, 0.15) is 0 Å². The van der Waals surface area contributed by atoms with E-state index in [0.717, 1.165) is 9.75 Å². The summed E-state index contributed by atoms with van der Waals surface area (Å²) in [7, 11) is 3.45. The van der Waals surface area contributed by atoms with Gasteiger partial charge in [0.1, 0.15) is 0 Å². The van der Waals surface area contributed by atoms with E-state index in [2.05, 4.69) is 9.97 Å². The van der Waals surface area contributed by atoms with Crippen LogP contribution in [-0.4, -0.2) is 19.1 Å². The monoisotopic (exact) mass is 400 g/mol. The highest BCUT2D eigenvalue weighted by molar-refractivity contribution is 7.18. The number of benzene rings is 2. The average Bonchev–Trinajstić information content (AvgIpc) is 3.23. The van der Waals surface area contributed by atoms with E-state index in [1.165, 1.54) is 11.3 Å². The highest BCUT2D eigenvalue weighted by Gasteiger charge is 2.16. The summed E-state index contributed by atoms with van der Waals surface area (Å²) in [6, 6.07) is 18.5. The lowest BCUT2D eigenvalue weighted by atomic mass is 10.2. The van der Waals surface area contributed by atoms with Gasteiger partial charge in [-0.15, -0.1) is 11.3 Å². The number of hydrogen-bond donors (Lipinski definition) is 0. The summed E-state index contributed by atoms with van der Waals surface area (Å²) in [4.78, 5) is 36.5. The van der Waals surface area contributed by atoms with Crippen LogP contribution in [0.2, 0.25) is 0 Å². The number of nitrogens with zero attached hydrogens (tertiary/aromatic N) is 4. The Balaban J connectivity index is 1.70. The van der Waals surface area contributed by atoms with Gasteiger partial charge >= 0.3 is 0 Å². The molecule has 2 aromatic carbocycles. The Bertz CT molecular complexity index is 1410. The van der Waals surface area contributed by atoms with Gasteiger partial charge in [0.15, 0.2) is 11.6 Å². The van der Waals surface area contributed by atoms with Gasteiger partial charge in [0.2, 0.25) is 0 Å². The van der Waals surface area contributed by atoms with Crippen molar-refractivity contribution in [3.8, 4) is 21.4 Å². The molecule has 5 aromatic rings. The predicted molar refractivity (Wildman–Crippen MR) is 116 cm³/mol. The van der Waals surface area contributed by atoms with Crippen LogP contribution in [0.15, 0.2) is 70.3 Å². The minimum absolute atomic E-state index is 0.0863. The summed E-state index contributed by atoms with van der Waals surface area (Å²) in [5.74, 6) is 1.19. The third-order valence-corrected chi connectivity index (χ3v) is 6.09. The van der Waals surface area contributed by atoms with Crippen molar-refractivity contribution in [3.63, 3.8) is 0 Å². The molecule has 0 fully saturated rings. The first-order chi connectivity index (χ1) is 14.0. The van der Waals surface area contributed by atoms with E-state index in [-0.39, 0.29) is 11.1 Å². The van der Waals surface area contributed by atoms with Crippen molar-refractivity contribution in [2.45, 2.75) is 0 Å². The summed E-state index contributed by atoms with van der Waals surface area (Å²) in [6.07, 6.45) is 0. The second-order valence-electron chi connectivity index (χ2n) is 6.80. The lowest BCUT2D eigenvalue weighted by Crippen LogP contribution is -2.20. The van der Waals surface area contributed by atoms with E-state index >= 15 is 0 Å². The van der Waals surface area contributed by atoms with Gasteiger partial charge in [-0.05, 0) is 36.4 Å². The number of para-hydroxylation sites is 2. The van der Waals surface area contributed by atoms with Crippen LogP contribution in [0.5, 0.6) is 0 Å². The standard InChI is InChI=1S/C22H16N4O2S/c1-25-19(23-15-9-5-3-7-13(15)21(25)27)17-11-12-18(29-17)20-24-16-10-6-4-8-14(16)22(28)26(20)2/h3-12H,1-2H3. The maximum atomic E-state index is 12.7. The summed E-state index contributed by atoms with van der Waals surface area (Å²) in [5.41, 5.74) is 1.15. The number of hydrogen-bond acceptors (Lipinski definition) is 5. The highest BCUT2D eigenvalue weighted by Crippen LogP contribution is 2.32. The Morgan fingerprint density at radius 3 is 1.52 bits per heavy atom. The first-order valence-electron chi connectivity index (χ1n) is 9.07. The van der Waals surface area contributed by atoms with E-state index in [1.807, 2.05) is 48.5 Å². The molecule has 0 unspecified atom stereocenters. The SMILES string of the molecule is Cn1c(-c2ccc(-c3nc4ccccc4c(=O)n3C)s2)nc2ccccc2c1=O. The molecule has 0 saturated carbocycles. The van der Waals surface area contributed by atoms with Crippen molar-refractivity contribution in [1.82, 2.24) is 19.1 Å². The van der Waals surface area contributed by atoms with Crippen LogP contribution >= 0.6 is 11.3 Å². The van der Waals surface area contributed by atoms with Crippen molar-refractivity contribution in [2.24, 2.45) is 14.1 Å². The summed E-state index contributed by atoms with van der Waals surface area (Å²) < 4.78 is 3.12. The number of aromatic nitrogens is 4. The van der Waals surface area contributed by atoms with Gasteiger partial charge in [-0.2, -0.15) is 0 Å². The molecular weight excluding hydrogens is 384 g/mol. The number of rotatable bonds is 2. The molecule has 0 aliphatic heterocycles. The first-order valence-corrected chi connectivity index (χ1v) is 9.88. The summed E-state index contributed by atoms with van der Waals surface area (Å²) in [5, 5.41) is 1.18. The average molecular weight is 400 g/mol. The molecule has 0 amide bonds. The molecule has 0 radical (unpaired) electrons. The fourth-order valence-electron chi connectivity index (χ4n) is 3.45. The topological polar surface area (TPSA) is 69.8 Å². The second-order valence-corrected chi connectivity index (χ2v) is 7.88. The summed E-state index contributed by atoms with van der Waals surface area (Å²) >= 11 is 1.46. The summed E-state index contributed by atoms with van der Waals surface area (Å²) in [6.45, 7) is 0. The fraction of sp³-hybridized carbons (Fsp3) is 0.0909. The molecule has 0 aliphatic rings. The minimum atomic E-state index is -0.0863. The molecule has 3 aromatic heterocycles. The van der Waals surface area contributed by atoms with Gasteiger partial charge in [-0.1, -0.05) is 24.3 Å². The largest absolute Gasteiger partial charge is 0.295 e. The molecule has 6 nitrogen and oxygen atoms in total. The molecular formula is C22H16N4O2S. The zero-order valence-corrected chi connectivity index (χ0v) is 16.6. The zero-order valence-electron chi connectivity index (χ0n) is 15.8. The molecule has 0 bridgehead atoms. The van der Waals surface area contributed by atoms with Gasteiger partial charge in [-0.3, -0.25) is 18.7 Å². The van der Waals surface area contributed by atoms with Gasteiger partial charge in [0.05, 0.1) is 31.6 Å².